The summed E-state index contributed by atoms with van der Waals surface area (Å²) in [4.78, 5) is 13.4. The number of carbonyl (C=O) groups excluding carboxylic acids is 1. The maximum Gasteiger partial charge on any atom is 0.231 e. The molecule has 132 valence electrons. The number of amides is 1. The van der Waals surface area contributed by atoms with E-state index in [0.29, 0.717) is 0 Å². The van der Waals surface area contributed by atoms with Gasteiger partial charge < -0.3 is 5.32 Å². The Morgan fingerprint density at radius 1 is 1.04 bits per heavy atom. The van der Waals surface area contributed by atoms with E-state index in [-0.39, 0.29) is 17.4 Å². The molecule has 0 saturated heterocycles. The van der Waals surface area contributed by atoms with Crippen LogP contribution in [0.2, 0.25) is 0 Å². The zero-order chi connectivity index (χ0) is 17.9. The summed E-state index contributed by atoms with van der Waals surface area (Å²) in [5.74, 6) is 0.196. The number of benzene rings is 2. The molecule has 2 aromatic carbocycles. The topological polar surface area (TPSA) is 29.1 Å². The normalized spacial score (nSPS) is 17.2. The Bertz CT molecular complexity index is 729. The molecule has 1 atom stereocenters. The second kappa shape index (κ2) is 7.43. The van der Waals surface area contributed by atoms with Gasteiger partial charge in [-0.15, -0.1) is 0 Å². The molecule has 2 nitrogen and oxygen atoms in total. The van der Waals surface area contributed by atoms with Crippen LogP contribution in [0, 0.1) is 13.8 Å². The highest BCUT2D eigenvalue weighted by Gasteiger charge is 2.43. The molecule has 1 unspecified atom stereocenters. The van der Waals surface area contributed by atoms with E-state index >= 15 is 0 Å². The molecular weight excluding hydrogens is 306 g/mol. The molecule has 0 aliphatic heterocycles. The second-order valence-corrected chi connectivity index (χ2v) is 7.43. The lowest BCUT2D eigenvalue weighted by Gasteiger charge is -2.31. The molecule has 0 aromatic heterocycles. The van der Waals surface area contributed by atoms with E-state index in [9.17, 15) is 4.79 Å². The predicted octanol–water partition coefficient (Wildman–Crippen LogP) is 5.38. The summed E-state index contributed by atoms with van der Waals surface area (Å²) in [6, 6.07) is 16.9. The number of nitrogens with one attached hydrogen (secondary N) is 1. The summed E-state index contributed by atoms with van der Waals surface area (Å²) in [5.41, 5.74) is 4.60. The molecule has 0 bridgehead atoms. The van der Waals surface area contributed by atoms with E-state index in [1.165, 1.54) is 22.3 Å². The smallest absolute Gasteiger partial charge is 0.231 e. The van der Waals surface area contributed by atoms with Crippen molar-refractivity contribution in [1.29, 1.82) is 0 Å². The van der Waals surface area contributed by atoms with E-state index in [2.05, 4.69) is 56.4 Å². The van der Waals surface area contributed by atoms with Gasteiger partial charge in [-0.3, -0.25) is 4.79 Å². The van der Waals surface area contributed by atoms with E-state index in [1.807, 2.05) is 18.2 Å². The lowest BCUT2D eigenvalue weighted by atomic mass is 9.77. The lowest BCUT2D eigenvalue weighted by Crippen LogP contribution is -2.44. The van der Waals surface area contributed by atoms with Crippen molar-refractivity contribution in [3.05, 3.63) is 70.8 Å². The van der Waals surface area contributed by atoms with Crippen LogP contribution in [0.1, 0.15) is 67.3 Å². The molecule has 0 spiro atoms. The molecule has 3 rings (SSSR count). The van der Waals surface area contributed by atoms with Crippen LogP contribution in [0.3, 0.4) is 0 Å². The summed E-state index contributed by atoms with van der Waals surface area (Å²) in [7, 11) is 0. The molecule has 0 radical (unpaired) electrons. The fraction of sp³-hybridized carbons (Fsp3) is 0.435. The van der Waals surface area contributed by atoms with E-state index < -0.39 is 0 Å². The number of rotatable bonds is 5. The molecule has 1 aliphatic carbocycles. The van der Waals surface area contributed by atoms with Crippen LogP contribution in [-0.4, -0.2) is 5.91 Å². The first kappa shape index (κ1) is 17.7. The lowest BCUT2D eigenvalue weighted by molar-refractivity contribution is -0.127. The molecule has 1 saturated carbocycles. The number of carbonyl (C=O) groups is 1. The average molecular weight is 335 g/mol. The quantitative estimate of drug-likeness (QED) is 0.780. The highest BCUT2D eigenvalue weighted by Crippen LogP contribution is 2.41. The van der Waals surface area contributed by atoms with E-state index in [4.69, 9.17) is 0 Å². The summed E-state index contributed by atoms with van der Waals surface area (Å²) in [6.45, 7) is 6.40. The van der Waals surface area contributed by atoms with Gasteiger partial charge in [0.1, 0.15) is 0 Å². The Hall–Kier alpha value is -2.09. The van der Waals surface area contributed by atoms with Crippen molar-refractivity contribution in [3.63, 3.8) is 0 Å². The maximum absolute atomic E-state index is 13.4. The zero-order valence-corrected chi connectivity index (χ0v) is 15.6. The minimum atomic E-state index is -0.353. The van der Waals surface area contributed by atoms with Gasteiger partial charge in [0.05, 0.1) is 11.5 Å². The molecule has 25 heavy (non-hydrogen) atoms. The standard InChI is InChI=1S/C23H29NO/c1-4-21(19-13-12-17(2)18(3)16-19)24-22(25)23(14-8-9-15-23)20-10-6-5-7-11-20/h5-7,10-13,16,21H,4,8-9,14-15H2,1-3H3,(H,24,25). The van der Waals surface area contributed by atoms with Gasteiger partial charge in [0, 0.05) is 0 Å². The van der Waals surface area contributed by atoms with Crippen LogP contribution < -0.4 is 5.32 Å². The molecular formula is C23H29NO. The summed E-state index contributed by atoms with van der Waals surface area (Å²) >= 11 is 0. The Balaban J connectivity index is 1.86. The van der Waals surface area contributed by atoms with Crippen LogP contribution in [0.25, 0.3) is 0 Å². The van der Waals surface area contributed by atoms with E-state index in [0.717, 1.165) is 32.1 Å². The van der Waals surface area contributed by atoms with Crippen LogP contribution >= 0.6 is 0 Å². The monoisotopic (exact) mass is 335 g/mol. The maximum atomic E-state index is 13.4. The highest BCUT2D eigenvalue weighted by atomic mass is 16.2. The average Bonchev–Trinajstić information content (AvgIpc) is 3.14. The van der Waals surface area contributed by atoms with Crippen molar-refractivity contribution in [3.8, 4) is 0 Å². The second-order valence-electron chi connectivity index (χ2n) is 7.43. The van der Waals surface area contributed by atoms with Crippen molar-refractivity contribution >= 4 is 5.91 Å². The van der Waals surface area contributed by atoms with Crippen molar-refractivity contribution in [2.75, 3.05) is 0 Å². The first-order valence-corrected chi connectivity index (χ1v) is 9.50. The molecule has 2 aromatic rings. The first-order chi connectivity index (χ1) is 12.1. The number of aryl methyl sites for hydroxylation is 2. The molecule has 1 aliphatic rings. The van der Waals surface area contributed by atoms with Gasteiger partial charge in [-0.2, -0.15) is 0 Å². The fourth-order valence-electron chi connectivity index (χ4n) is 4.08. The van der Waals surface area contributed by atoms with Gasteiger partial charge in [0.2, 0.25) is 5.91 Å². The Labute approximate surface area is 151 Å². The fourth-order valence-corrected chi connectivity index (χ4v) is 4.08. The van der Waals surface area contributed by atoms with Crippen LogP contribution in [-0.2, 0) is 10.2 Å². The van der Waals surface area contributed by atoms with Gasteiger partial charge in [0.25, 0.3) is 0 Å². The Morgan fingerprint density at radius 2 is 1.72 bits per heavy atom. The zero-order valence-electron chi connectivity index (χ0n) is 15.6. The van der Waals surface area contributed by atoms with Gasteiger partial charge in [-0.05, 0) is 55.4 Å². The summed E-state index contributed by atoms with van der Waals surface area (Å²) in [6.07, 6.45) is 5.06. The van der Waals surface area contributed by atoms with Crippen molar-refractivity contribution in [2.45, 2.75) is 64.3 Å². The molecule has 2 heteroatoms. The van der Waals surface area contributed by atoms with Gasteiger partial charge >= 0.3 is 0 Å². The van der Waals surface area contributed by atoms with E-state index in [1.54, 1.807) is 0 Å². The van der Waals surface area contributed by atoms with Gasteiger partial charge in [-0.25, -0.2) is 0 Å². The predicted molar refractivity (Wildman–Crippen MR) is 104 cm³/mol. The van der Waals surface area contributed by atoms with Crippen molar-refractivity contribution in [2.24, 2.45) is 0 Å². The molecule has 1 fully saturated rings. The number of hydrogen-bond acceptors (Lipinski definition) is 1. The molecule has 1 N–H and O–H groups in total. The number of hydrogen-bond donors (Lipinski definition) is 1. The van der Waals surface area contributed by atoms with Crippen LogP contribution in [0.4, 0.5) is 0 Å². The molecule has 0 heterocycles. The van der Waals surface area contributed by atoms with Crippen LogP contribution in [0.5, 0.6) is 0 Å². The SMILES string of the molecule is CCC(NC(=O)C1(c2ccccc2)CCCC1)c1ccc(C)c(C)c1. The van der Waals surface area contributed by atoms with Crippen LogP contribution in [0.15, 0.2) is 48.5 Å². The minimum Gasteiger partial charge on any atom is -0.349 e. The van der Waals surface area contributed by atoms with Gasteiger partial charge in [-0.1, -0.05) is 68.3 Å². The summed E-state index contributed by atoms with van der Waals surface area (Å²) in [5, 5.41) is 3.37. The minimum absolute atomic E-state index is 0.0768. The highest BCUT2D eigenvalue weighted by molar-refractivity contribution is 5.89. The third-order valence-electron chi connectivity index (χ3n) is 5.87. The van der Waals surface area contributed by atoms with Crippen molar-refractivity contribution in [1.82, 2.24) is 5.32 Å². The third-order valence-corrected chi connectivity index (χ3v) is 5.87. The summed E-state index contributed by atoms with van der Waals surface area (Å²) < 4.78 is 0. The Morgan fingerprint density at radius 3 is 2.32 bits per heavy atom. The largest absolute Gasteiger partial charge is 0.349 e. The molecule has 1 amide bonds. The first-order valence-electron chi connectivity index (χ1n) is 9.50. The third kappa shape index (κ3) is 3.49. The Kier molecular flexibility index (Phi) is 5.27. The van der Waals surface area contributed by atoms with Crippen molar-refractivity contribution < 1.29 is 4.79 Å². The van der Waals surface area contributed by atoms with Gasteiger partial charge in [0.15, 0.2) is 0 Å².